The molecule has 0 saturated heterocycles. The summed E-state index contributed by atoms with van der Waals surface area (Å²) in [5, 5.41) is 8.46. The van der Waals surface area contributed by atoms with Crippen molar-refractivity contribution in [1.82, 2.24) is 0 Å². The van der Waals surface area contributed by atoms with Crippen LogP contribution in [0.3, 0.4) is 0 Å². The van der Waals surface area contributed by atoms with Crippen molar-refractivity contribution in [3.63, 3.8) is 0 Å². The highest BCUT2D eigenvalue weighted by molar-refractivity contribution is 6.23. The molecule has 0 radical (unpaired) electrons. The molecule has 0 atom stereocenters. The zero-order chi connectivity index (χ0) is 12.0. The Morgan fingerprint density at radius 3 is 2.44 bits per heavy atom. The molecule has 0 heterocycles. The van der Waals surface area contributed by atoms with E-state index in [0.717, 1.165) is 0 Å². The van der Waals surface area contributed by atoms with Gasteiger partial charge in [0.1, 0.15) is 12.2 Å². The smallest absolute Gasteiger partial charge is 0.341 e. The van der Waals surface area contributed by atoms with Gasteiger partial charge in [0.25, 0.3) is 0 Å². The van der Waals surface area contributed by atoms with E-state index in [2.05, 4.69) is 11.3 Å². The highest BCUT2D eigenvalue weighted by Gasteiger charge is 2.18. The summed E-state index contributed by atoms with van der Waals surface area (Å²) in [5.74, 6) is -1.27. The van der Waals surface area contributed by atoms with Crippen LogP contribution in [0.4, 0.5) is 0 Å². The second kappa shape index (κ2) is 5.82. The molecular formula is C12H12O4. The lowest BCUT2D eigenvalue weighted by atomic mass is 10.1. The van der Waals surface area contributed by atoms with Crippen LogP contribution in [-0.2, 0) is 9.53 Å². The molecule has 0 saturated carbocycles. The Labute approximate surface area is 93.2 Å². The third kappa shape index (κ3) is 3.03. The van der Waals surface area contributed by atoms with Gasteiger partial charge in [0.05, 0.1) is 6.61 Å². The molecule has 0 unspecified atom stereocenters. The normalized spacial score (nSPS) is 9.56. The summed E-state index contributed by atoms with van der Waals surface area (Å²) < 4.78 is 4.59. The topological polar surface area (TPSA) is 63.6 Å². The zero-order valence-corrected chi connectivity index (χ0v) is 8.68. The molecule has 84 valence electrons. The number of esters is 1. The van der Waals surface area contributed by atoms with E-state index in [4.69, 9.17) is 5.11 Å². The summed E-state index contributed by atoms with van der Waals surface area (Å²) in [5.41, 5.74) is 0.146. The second-order valence-corrected chi connectivity index (χ2v) is 3.03. The number of hydrogen-bond donors (Lipinski definition) is 1. The largest absolute Gasteiger partial charge is 0.460 e. The molecule has 1 N–H and O–H groups in total. The average Bonchev–Trinajstić information content (AvgIpc) is 2.35. The van der Waals surface area contributed by atoms with E-state index in [9.17, 15) is 9.59 Å². The summed E-state index contributed by atoms with van der Waals surface area (Å²) >= 11 is 0. The average molecular weight is 220 g/mol. The molecule has 0 aliphatic heterocycles. The van der Waals surface area contributed by atoms with Crippen molar-refractivity contribution in [3.8, 4) is 0 Å². The van der Waals surface area contributed by atoms with Crippen LogP contribution in [-0.4, -0.2) is 30.1 Å². The number of Topliss-reactive ketones (excluding diaryl/α,β-unsaturated/α-hetero) is 1. The molecule has 0 bridgehead atoms. The predicted molar refractivity (Wildman–Crippen MR) is 58.0 cm³/mol. The van der Waals surface area contributed by atoms with Crippen molar-refractivity contribution < 1.29 is 19.4 Å². The molecule has 1 rings (SSSR count). The molecule has 4 nitrogen and oxygen atoms in total. The molecule has 0 aromatic heterocycles. The van der Waals surface area contributed by atoms with Gasteiger partial charge >= 0.3 is 5.97 Å². The predicted octanol–water partition coefficient (Wildman–Crippen LogP) is 0.961. The number of benzene rings is 1. The standard InChI is InChI=1S/C12H12O4/c1-9(12(15)16-8-7-13)11(14)10-5-3-2-4-6-10/h2-6,13H,1,7-8H2. The molecule has 4 heteroatoms. The van der Waals surface area contributed by atoms with Gasteiger partial charge < -0.3 is 9.84 Å². The number of carbonyl (C=O) groups excluding carboxylic acids is 2. The molecular weight excluding hydrogens is 208 g/mol. The molecule has 16 heavy (non-hydrogen) atoms. The third-order valence-corrected chi connectivity index (χ3v) is 1.88. The Hall–Kier alpha value is -1.94. The maximum Gasteiger partial charge on any atom is 0.341 e. The van der Waals surface area contributed by atoms with E-state index in [0.29, 0.717) is 5.56 Å². The van der Waals surface area contributed by atoms with E-state index in [1.54, 1.807) is 30.3 Å². The van der Waals surface area contributed by atoms with Crippen LogP contribution in [0.25, 0.3) is 0 Å². The van der Waals surface area contributed by atoms with E-state index in [-0.39, 0.29) is 18.8 Å². The van der Waals surface area contributed by atoms with Crippen molar-refractivity contribution in [2.45, 2.75) is 0 Å². The Morgan fingerprint density at radius 1 is 1.25 bits per heavy atom. The lowest BCUT2D eigenvalue weighted by molar-refractivity contribution is -0.139. The Bertz CT molecular complexity index is 395. The summed E-state index contributed by atoms with van der Waals surface area (Å²) in [7, 11) is 0. The van der Waals surface area contributed by atoms with Crippen molar-refractivity contribution in [1.29, 1.82) is 0 Å². The Morgan fingerprint density at radius 2 is 1.88 bits per heavy atom. The van der Waals surface area contributed by atoms with Gasteiger partial charge in [0, 0.05) is 5.56 Å². The van der Waals surface area contributed by atoms with Crippen LogP contribution in [0.15, 0.2) is 42.5 Å². The first-order valence-corrected chi connectivity index (χ1v) is 4.73. The summed E-state index contributed by atoms with van der Waals surface area (Å²) in [4.78, 5) is 22.9. The fraction of sp³-hybridized carbons (Fsp3) is 0.167. The number of carbonyl (C=O) groups is 2. The SMILES string of the molecule is C=C(C(=O)OCCO)C(=O)c1ccccc1. The first-order valence-electron chi connectivity index (χ1n) is 4.73. The number of rotatable bonds is 5. The maximum atomic E-state index is 11.7. The first-order chi connectivity index (χ1) is 7.66. The van der Waals surface area contributed by atoms with E-state index < -0.39 is 11.8 Å². The molecule has 1 aromatic rings. The van der Waals surface area contributed by atoms with Gasteiger partial charge in [-0.15, -0.1) is 0 Å². The molecule has 0 amide bonds. The number of aliphatic hydroxyl groups is 1. The minimum Gasteiger partial charge on any atom is -0.460 e. The minimum atomic E-state index is -0.803. The highest BCUT2D eigenvalue weighted by Crippen LogP contribution is 2.07. The molecule has 0 fully saturated rings. The van der Waals surface area contributed by atoms with Gasteiger partial charge in [0.15, 0.2) is 5.78 Å². The van der Waals surface area contributed by atoms with Gasteiger partial charge in [0.2, 0.25) is 0 Å². The number of aliphatic hydroxyl groups excluding tert-OH is 1. The summed E-state index contributed by atoms with van der Waals surface area (Å²) in [6.45, 7) is 2.96. The van der Waals surface area contributed by atoms with Gasteiger partial charge in [-0.2, -0.15) is 0 Å². The fourth-order valence-corrected chi connectivity index (χ4v) is 1.08. The summed E-state index contributed by atoms with van der Waals surface area (Å²) in [6.07, 6.45) is 0. The van der Waals surface area contributed by atoms with Crippen LogP contribution >= 0.6 is 0 Å². The van der Waals surface area contributed by atoms with Crippen molar-refractivity contribution in [3.05, 3.63) is 48.0 Å². The first kappa shape index (κ1) is 12.1. The lowest BCUT2D eigenvalue weighted by Crippen LogP contribution is -2.16. The molecule has 0 spiro atoms. The van der Waals surface area contributed by atoms with E-state index in [1.807, 2.05) is 0 Å². The zero-order valence-electron chi connectivity index (χ0n) is 8.68. The second-order valence-electron chi connectivity index (χ2n) is 3.03. The van der Waals surface area contributed by atoms with Gasteiger partial charge in [-0.3, -0.25) is 4.79 Å². The van der Waals surface area contributed by atoms with Crippen LogP contribution in [0.5, 0.6) is 0 Å². The number of ketones is 1. The minimum absolute atomic E-state index is 0.139. The van der Waals surface area contributed by atoms with Gasteiger partial charge in [-0.1, -0.05) is 36.9 Å². The molecule has 0 aliphatic carbocycles. The van der Waals surface area contributed by atoms with E-state index >= 15 is 0 Å². The van der Waals surface area contributed by atoms with Crippen LogP contribution in [0.2, 0.25) is 0 Å². The fourth-order valence-electron chi connectivity index (χ4n) is 1.08. The third-order valence-electron chi connectivity index (χ3n) is 1.88. The van der Waals surface area contributed by atoms with Gasteiger partial charge in [-0.25, -0.2) is 4.79 Å². The molecule has 0 aliphatic rings. The quantitative estimate of drug-likeness (QED) is 0.264. The van der Waals surface area contributed by atoms with Crippen LogP contribution in [0, 0.1) is 0 Å². The number of hydrogen-bond acceptors (Lipinski definition) is 4. The highest BCUT2D eigenvalue weighted by atomic mass is 16.5. The van der Waals surface area contributed by atoms with Crippen molar-refractivity contribution in [2.24, 2.45) is 0 Å². The molecule has 1 aromatic carbocycles. The number of ether oxygens (including phenoxy) is 1. The maximum absolute atomic E-state index is 11.7. The van der Waals surface area contributed by atoms with Crippen LogP contribution in [0.1, 0.15) is 10.4 Å². The van der Waals surface area contributed by atoms with Crippen molar-refractivity contribution >= 4 is 11.8 Å². The van der Waals surface area contributed by atoms with Gasteiger partial charge in [-0.05, 0) is 0 Å². The Kier molecular flexibility index (Phi) is 4.42. The monoisotopic (exact) mass is 220 g/mol. The van der Waals surface area contributed by atoms with Crippen LogP contribution < -0.4 is 0 Å². The Balaban J connectivity index is 2.68. The van der Waals surface area contributed by atoms with E-state index in [1.165, 1.54) is 0 Å². The van der Waals surface area contributed by atoms with Crippen molar-refractivity contribution in [2.75, 3.05) is 13.2 Å². The lowest BCUT2D eigenvalue weighted by Gasteiger charge is -2.04. The summed E-state index contributed by atoms with van der Waals surface area (Å²) in [6, 6.07) is 8.34.